The van der Waals surface area contributed by atoms with Gasteiger partial charge >= 0.3 is 0 Å². The van der Waals surface area contributed by atoms with Crippen molar-refractivity contribution >= 4 is 20.6 Å². The van der Waals surface area contributed by atoms with Gasteiger partial charge in [0.1, 0.15) is 0 Å². The molecule has 1 saturated heterocycles. The predicted molar refractivity (Wildman–Crippen MR) is 72.8 cm³/mol. The first kappa shape index (κ1) is 13.7. The van der Waals surface area contributed by atoms with Crippen molar-refractivity contribution in [1.29, 1.82) is 0 Å². The Bertz CT molecular complexity index is 537. The quantitative estimate of drug-likeness (QED) is 0.877. The van der Waals surface area contributed by atoms with Crippen LogP contribution in [0.5, 0.6) is 0 Å². The predicted octanol–water partition coefficient (Wildman–Crippen LogP) is 0.873. The number of nitrogens with one attached hydrogen (secondary N) is 1. The van der Waals surface area contributed by atoms with Crippen LogP contribution < -0.4 is 5.32 Å². The summed E-state index contributed by atoms with van der Waals surface area (Å²) in [5, 5.41) is 3.34. The summed E-state index contributed by atoms with van der Waals surface area (Å²) in [6, 6.07) is 6.88. The number of benzene rings is 1. The Hall–Kier alpha value is -0.720. The largest absolute Gasteiger partial charge is 0.309 e. The van der Waals surface area contributed by atoms with Gasteiger partial charge in [0.05, 0.1) is 4.90 Å². The molecule has 1 heterocycles. The van der Waals surface area contributed by atoms with Crippen LogP contribution in [0.25, 0.3) is 0 Å². The topological polar surface area (TPSA) is 63.2 Å². The van der Waals surface area contributed by atoms with E-state index in [1.807, 2.05) is 0 Å². The number of hydrogen-bond donors (Lipinski definition) is 1. The van der Waals surface area contributed by atoms with E-state index in [0.29, 0.717) is 10.6 Å². The Morgan fingerprint density at radius 1 is 1.28 bits per heavy atom. The van der Waals surface area contributed by atoms with E-state index < -0.39 is 20.6 Å². The van der Waals surface area contributed by atoms with Gasteiger partial charge in [-0.1, -0.05) is 12.1 Å². The van der Waals surface area contributed by atoms with Crippen LogP contribution in [-0.4, -0.2) is 36.9 Å². The maximum Gasteiger partial charge on any atom is 0.175 e. The molecule has 0 aliphatic carbocycles. The van der Waals surface area contributed by atoms with Crippen LogP contribution in [0.3, 0.4) is 0 Å². The van der Waals surface area contributed by atoms with E-state index in [1.165, 1.54) is 6.26 Å². The minimum absolute atomic E-state index is 0.0574. The van der Waals surface area contributed by atoms with E-state index in [-0.39, 0.29) is 6.04 Å². The second kappa shape index (κ2) is 5.50. The summed E-state index contributed by atoms with van der Waals surface area (Å²) in [6.07, 6.45) is 2.12. The minimum Gasteiger partial charge on any atom is -0.309 e. The zero-order chi connectivity index (χ0) is 13.2. The Labute approximate surface area is 110 Å². The molecule has 1 aliphatic heterocycles. The molecule has 1 aromatic rings. The molecule has 6 heteroatoms. The average molecular weight is 287 g/mol. The zero-order valence-electron chi connectivity index (χ0n) is 10.3. The lowest BCUT2D eigenvalue weighted by Gasteiger charge is -2.15. The fourth-order valence-corrected chi connectivity index (χ4v) is 3.94. The number of hydrogen-bond acceptors (Lipinski definition) is 4. The Kier molecular flexibility index (Phi) is 4.19. The van der Waals surface area contributed by atoms with Crippen molar-refractivity contribution in [2.45, 2.75) is 17.4 Å². The molecule has 0 amide bonds. The molecule has 100 valence electrons. The van der Waals surface area contributed by atoms with Gasteiger partial charge in [-0.2, -0.15) is 0 Å². The van der Waals surface area contributed by atoms with Gasteiger partial charge < -0.3 is 5.32 Å². The van der Waals surface area contributed by atoms with Gasteiger partial charge in [-0.05, 0) is 30.7 Å². The monoisotopic (exact) mass is 287 g/mol. The summed E-state index contributed by atoms with van der Waals surface area (Å²) in [4.78, 5) is 0.320. The highest BCUT2D eigenvalue weighted by Crippen LogP contribution is 2.19. The summed E-state index contributed by atoms with van der Waals surface area (Å²) < 4.78 is 34.4. The molecule has 0 spiro atoms. The third-order valence-corrected chi connectivity index (χ3v) is 5.58. The second-order valence-electron chi connectivity index (χ2n) is 4.51. The Morgan fingerprint density at radius 2 is 1.94 bits per heavy atom. The van der Waals surface area contributed by atoms with Crippen LogP contribution in [0.2, 0.25) is 0 Å². The maximum atomic E-state index is 11.7. The van der Waals surface area contributed by atoms with E-state index in [9.17, 15) is 12.6 Å². The Morgan fingerprint density at radius 3 is 2.56 bits per heavy atom. The molecule has 0 aromatic heterocycles. The van der Waals surface area contributed by atoms with Crippen molar-refractivity contribution in [3.63, 3.8) is 0 Å². The summed E-state index contributed by atoms with van der Waals surface area (Å²) in [6.45, 7) is 0.851. The highest BCUT2D eigenvalue weighted by atomic mass is 32.2. The van der Waals surface area contributed by atoms with E-state index >= 15 is 0 Å². The van der Waals surface area contributed by atoms with Gasteiger partial charge in [-0.15, -0.1) is 0 Å². The molecule has 4 nitrogen and oxygen atoms in total. The smallest absolute Gasteiger partial charge is 0.175 e. The standard InChI is InChI=1S/C12H17NO3S2/c1-18(15,16)11-5-3-10(4-6-11)12-9-17(14)8-2-7-13-12/h3-6,12-13H,2,7-9H2,1H3. The molecular weight excluding hydrogens is 270 g/mol. The minimum atomic E-state index is -3.15. The third kappa shape index (κ3) is 3.40. The second-order valence-corrected chi connectivity index (χ2v) is 8.15. The van der Waals surface area contributed by atoms with Gasteiger partial charge in [0.2, 0.25) is 0 Å². The van der Waals surface area contributed by atoms with Gasteiger partial charge in [0, 0.05) is 34.6 Å². The fourth-order valence-electron chi connectivity index (χ4n) is 2.00. The molecule has 1 fully saturated rings. The lowest BCUT2D eigenvalue weighted by Crippen LogP contribution is -2.23. The molecule has 2 rings (SSSR count). The molecule has 0 saturated carbocycles. The van der Waals surface area contributed by atoms with E-state index in [4.69, 9.17) is 0 Å². The van der Waals surface area contributed by atoms with Crippen molar-refractivity contribution in [2.24, 2.45) is 0 Å². The van der Waals surface area contributed by atoms with Crippen molar-refractivity contribution in [3.8, 4) is 0 Å². The van der Waals surface area contributed by atoms with Gasteiger partial charge in [0.25, 0.3) is 0 Å². The maximum absolute atomic E-state index is 11.7. The van der Waals surface area contributed by atoms with Crippen LogP contribution in [-0.2, 0) is 20.6 Å². The van der Waals surface area contributed by atoms with Crippen LogP contribution in [0.4, 0.5) is 0 Å². The summed E-state index contributed by atoms with van der Waals surface area (Å²) in [5.74, 6) is 1.34. The molecule has 2 unspecified atom stereocenters. The van der Waals surface area contributed by atoms with Crippen molar-refractivity contribution < 1.29 is 12.6 Å². The molecule has 18 heavy (non-hydrogen) atoms. The first-order valence-corrected chi connectivity index (χ1v) is 9.23. The van der Waals surface area contributed by atoms with Gasteiger partial charge in [0.15, 0.2) is 9.84 Å². The highest BCUT2D eigenvalue weighted by Gasteiger charge is 2.18. The molecule has 1 aromatic carbocycles. The number of rotatable bonds is 2. The molecule has 0 radical (unpaired) electrons. The summed E-state index contributed by atoms with van der Waals surface area (Å²) in [5.41, 5.74) is 0.998. The summed E-state index contributed by atoms with van der Waals surface area (Å²) >= 11 is 0. The SMILES string of the molecule is CS(=O)(=O)c1ccc(C2CS(=O)CCCN2)cc1. The van der Waals surface area contributed by atoms with Crippen molar-refractivity contribution in [1.82, 2.24) is 5.32 Å². The lowest BCUT2D eigenvalue weighted by atomic mass is 10.1. The first-order valence-electron chi connectivity index (χ1n) is 5.85. The molecule has 0 bridgehead atoms. The van der Waals surface area contributed by atoms with E-state index in [2.05, 4.69) is 5.32 Å². The lowest BCUT2D eigenvalue weighted by molar-refractivity contribution is 0.586. The molecule has 1 aliphatic rings. The Balaban J connectivity index is 2.21. The normalized spacial score (nSPS) is 25.6. The van der Waals surface area contributed by atoms with Crippen molar-refractivity contribution in [3.05, 3.63) is 29.8 Å². The van der Waals surface area contributed by atoms with Crippen LogP contribution >= 0.6 is 0 Å². The summed E-state index contributed by atoms with van der Waals surface area (Å²) in [7, 11) is -3.94. The molecular formula is C12H17NO3S2. The van der Waals surface area contributed by atoms with Crippen LogP contribution in [0.1, 0.15) is 18.0 Å². The van der Waals surface area contributed by atoms with Crippen LogP contribution in [0, 0.1) is 0 Å². The first-order chi connectivity index (χ1) is 8.47. The fraction of sp³-hybridized carbons (Fsp3) is 0.500. The van der Waals surface area contributed by atoms with E-state index in [0.717, 1.165) is 24.3 Å². The van der Waals surface area contributed by atoms with Gasteiger partial charge in [-0.25, -0.2) is 8.42 Å². The van der Waals surface area contributed by atoms with Crippen molar-refractivity contribution in [2.75, 3.05) is 24.3 Å². The average Bonchev–Trinajstić information content (AvgIpc) is 2.53. The zero-order valence-corrected chi connectivity index (χ0v) is 11.9. The highest BCUT2D eigenvalue weighted by molar-refractivity contribution is 7.90. The van der Waals surface area contributed by atoms with E-state index in [1.54, 1.807) is 24.3 Å². The third-order valence-electron chi connectivity index (χ3n) is 3.00. The number of sulfone groups is 1. The molecule has 1 N–H and O–H groups in total. The molecule has 2 atom stereocenters. The van der Waals surface area contributed by atoms with Crippen LogP contribution in [0.15, 0.2) is 29.2 Å². The van der Waals surface area contributed by atoms with Gasteiger partial charge in [-0.3, -0.25) is 4.21 Å².